The van der Waals surface area contributed by atoms with E-state index in [1.807, 2.05) is 26.0 Å². The maximum absolute atomic E-state index is 5.08. The van der Waals surface area contributed by atoms with E-state index in [0.29, 0.717) is 0 Å². The van der Waals surface area contributed by atoms with Gasteiger partial charge in [-0.3, -0.25) is 0 Å². The highest BCUT2D eigenvalue weighted by atomic mass is 32.1. The van der Waals surface area contributed by atoms with Crippen LogP contribution >= 0.6 is 23.1 Å². The molecule has 0 spiro atoms. The number of anilines is 2. The van der Waals surface area contributed by atoms with E-state index in [1.165, 1.54) is 23.1 Å². The van der Waals surface area contributed by atoms with E-state index in [0.717, 1.165) is 21.4 Å². The molecule has 0 aliphatic heterocycles. The summed E-state index contributed by atoms with van der Waals surface area (Å²) < 4.78 is 7.97. The zero-order valence-electron chi connectivity index (χ0n) is 9.02. The van der Waals surface area contributed by atoms with Crippen molar-refractivity contribution in [3.8, 4) is 0 Å². The van der Waals surface area contributed by atoms with E-state index in [-0.39, 0.29) is 0 Å². The van der Waals surface area contributed by atoms with Crippen LogP contribution in [0.15, 0.2) is 12.1 Å². The zero-order chi connectivity index (χ0) is 12.0. The number of aromatic nitrogens is 2. The third kappa shape index (κ3) is 4.11. The second-order valence-corrected chi connectivity index (χ2v) is 4.56. The smallest absolute Gasteiger partial charge is 0.123 e. The monoisotopic (exact) mass is 258 g/mol. The van der Waals surface area contributed by atoms with E-state index in [9.17, 15) is 0 Å². The first kappa shape index (κ1) is 12.8. The molecule has 88 valence electrons. The number of nitrogens with zero attached hydrogens (tertiary/aromatic N) is 2. The first-order valence-electron chi connectivity index (χ1n) is 4.45. The topological polar surface area (TPSA) is 102 Å². The first-order valence-corrected chi connectivity index (χ1v) is 6.00. The Kier molecular flexibility index (Phi) is 5.12. The second-order valence-electron chi connectivity index (χ2n) is 2.95. The molecule has 2 rings (SSSR count). The molecule has 8 heteroatoms. The predicted octanol–water partition coefficient (Wildman–Crippen LogP) is 1.47. The van der Waals surface area contributed by atoms with Crippen LogP contribution in [0.3, 0.4) is 0 Å². The minimum atomic E-state index is 0.905. The molecule has 0 atom stereocenters. The molecule has 6 N–H and O–H groups in total. The first-order chi connectivity index (χ1) is 7.65. The number of hydrazine groups is 2. The van der Waals surface area contributed by atoms with Gasteiger partial charge in [-0.25, -0.2) is 11.7 Å². The molecule has 0 aliphatic carbocycles. The molecule has 0 saturated carbocycles. The normalized spacial score (nSPS) is 9.25. The fourth-order valence-electron chi connectivity index (χ4n) is 0.863. The van der Waals surface area contributed by atoms with Crippen LogP contribution in [0.2, 0.25) is 0 Å². The molecular weight excluding hydrogens is 244 g/mol. The molecule has 0 aromatic carbocycles. The Labute approximate surface area is 102 Å². The van der Waals surface area contributed by atoms with Gasteiger partial charge in [0.1, 0.15) is 10.0 Å². The van der Waals surface area contributed by atoms with Gasteiger partial charge in [-0.1, -0.05) is 0 Å². The van der Waals surface area contributed by atoms with Crippen molar-refractivity contribution in [2.75, 3.05) is 10.9 Å². The van der Waals surface area contributed by atoms with Crippen molar-refractivity contribution >= 4 is 33.1 Å². The quantitative estimate of drug-likeness (QED) is 0.480. The van der Waals surface area contributed by atoms with Crippen LogP contribution in [0, 0.1) is 13.8 Å². The van der Waals surface area contributed by atoms with Crippen molar-refractivity contribution in [3.05, 3.63) is 23.5 Å². The number of nitrogens with one attached hydrogen (secondary N) is 2. The summed E-state index contributed by atoms with van der Waals surface area (Å²) in [6.07, 6.45) is 0. The third-order valence-corrected chi connectivity index (χ3v) is 3.16. The van der Waals surface area contributed by atoms with E-state index in [1.54, 1.807) is 0 Å². The van der Waals surface area contributed by atoms with Crippen LogP contribution in [-0.2, 0) is 0 Å². The van der Waals surface area contributed by atoms with Crippen LogP contribution in [0.4, 0.5) is 10.0 Å². The highest BCUT2D eigenvalue weighted by Crippen LogP contribution is 2.13. The summed E-state index contributed by atoms with van der Waals surface area (Å²) in [6, 6.07) is 3.79. The standard InChI is InChI=1S/2C4H7N3S/c2*1-3-2-4(6-5)8-7-3/h2*2,6H,5H2,1H3. The van der Waals surface area contributed by atoms with E-state index >= 15 is 0 Å². The van der Waals surface area contributed by atoms with Crippen molar-refractivity contribution < 1.29 is 0 Å². The van der Waals surface area contributed by atoms with E-state index in [2.05, 4.69) is 19.6 Å². The van der Waals surface area contributed by atoms with Gasteiger partial charge in [-0.2, -0.15) is 8.75 Å². The lowest BCUT2D eigenvalue weighted by Crippen LogP contribution is -2.04. The van der Waals surface area contributed by atoms with Crippen LogP contribution in [-0.4, -0.2) is 8.75 Å². The SMILES string of the molecule is Cc1cc(NN)sn1.Cc1cc(NN)sn1. The Bertz CT molecular complexity index is 383. The molecule has 6 nitrogen and oxygen atoms in total. The van der Waals surface area contributed by atoms with Gasteiger partial charge in [0.15, 0.2) is 0 Å². The van der Waals surface area contributed by atoms with Crippen LogP contribution in [0.5, 0.6) is 0 Å². The molecule has 0 amide bonds. The van der Waals surface area contributed by atoms with Gasteiger partial charge in [0, 0.05) is 0 Å². The second kappa shape index (κ2) is 6.38. The van der Waals surface area contributed by atoms with Gasteiger partial charge >= 0.3 is 0 Å². The maximum atomic E-state index is 5.08. The number of nitrogen functional groups attached to an aromatic ring is 2. The van der Waals surface area contributed by atoms with Gasteiger partial charge < -0.3 is 10.9 Å². The summed E-state index contributed by atoms with van der Waals surface area (Å²) in [6.45, 7) is 3.86. The average molecular weight is 258 g/mol. The lowest BCUT2D eigenvalue weighted by Gasteiger charge is -1.85. The summed E-state index contributed by atoms with van der Waals surface area (Å²) in [5, 5.41) is 1.81. The zero-order valence-corrected chi connectivity index (χ0v) is 10.7. The minimum Gasteiger partial charge on any atom is -0.314 e. The number of rotatable bonds is 2. The summed E-state index contributed by atoms with van der Waals surface area (Å²) in [5.74, 6) is 10.2. The molecular formula is C8H14N6S2. The Morgan fingerprint density at radius 1 is 0.938 bits per heavy atom. The fraction of sp³-hybridized carbons (Fsp3) is 0.250. The molecule has 0 unspecified atom stereocenters. The average Bonchev–Trinajstić information content (AvgIpc) is 2.88. The molecule has 0 fully saturated rings. The summed E-state index contributed by atoms with van der Waals surface area (Å²) in [7, 11) is 0. The Morgan fingerprint density at radius 3 is 1.44 bits per heavy atom. The highest BCUT2D eigenvalue weighted by molar-refractivity contribution is 7.10. The summed E-state index contributed by atoms with van der Waals surface area (Å²) in [5.41, 5.74) is 7.01. The lowest BCUT2D eigenvalue weighted by molar-refractivity contribution is 1.33. The minimum absolute atomic E-state index is 0.905. The van der Waals surface area contributed by atoms with Crippen molar-refractivity contribution in [1.29, 1.82) is 0 Å². The number of aryl methyl sites for hydroxylation is 2. The molecule has 2 heterocycles. The Balaban J connectivity index is 0.000000160. The van der Waals surface area contributed by atoms with E-state index in [4.69, 9.17) is 11.7 Å². The fourth-order valence-corrected chi connectivity index (χ4v) is 2.01. The number of hydrogen-bond donors (Lipinski definition) is 4. The van der Waals surface area contributed by atoms with Gasteiger partial charge in [0.25, 0.3) is 0 Å². The molecule has 0 bridgehead atoms. The van der Waals surface area contributed by atoms with E-state index < -0.39 is 0 Å². The summed E-state index contributed by atoms with van der Waals surface area (Å²) in [4.78, 5) is 0. The van der Waals surface area contributed by atoms with Crippen molar-refractivity contribution in [3.63, 3.8) is 0 Å². The molecule has 2 aromatic rings. The van der Waals surface area contributed by atoms with Crippen molar-refractivity contribution in [2.45, 2.75) is 13.8 Å². The molecule has 0 radical (unpaired) electrons. The largest absolute Gasteiger partial charge is 0.314 e. The number of nitrogens with two attached hydrogens (primary N) is 2. The van der Waals surface area contributed by atoms with Crippen LogP contribution in [0.1, 0.15) is 11.4 Å². The summed E-state index contributed by atoms with van der Waals surface area (Å²) >= 11 is 2.73. The van der Waals surface area contributed by atoms with Gasteiger partial charge in [0.2, 0.25) is 0 Å². The Morgan fingerprint density at radius 2 is 1.31 bits per heavy atom. The molecule has 2 aromatic heterocycles. The molecule has 0 aliphatic rings. The van der Waals surface area contributed by atoms with Crippen molar-refractivity contribution in [2.24, 2.45) is 11.7 Å². The van der Waals surface area contributed by atoms with Crippen LogP contribution < -0.4 is 22.5 Å². The molecule has 0 saturated heterocycles. The van der Waals surface area contributed by atoms with Gasteiger partial charge in [-0.05, 0) is 49.0 Å². The molecule has 16 heavy (non-hydrogen) atoms. The van der Waals surface area contributed by atoms with Gasteiger partial charge in [-0.15, -0.1) is 0 Å². The third-order valence-electron chi connectivity index (χ3n) is 1.54. The highest BCUT2D eigenvalue weighted by Gasteiger charge is 1.91. The van der Waals surface area contributed by atoms with Crippen molar-refractivity contribution in [1.82, 2.24) is 8.75 Å². The van der Waals surface area contributed by atoms with Crippen LogP contribution in [0.25, 0.3) is 0 Å². The van der Waals surface area contributed by atoms with Gasteiger partial charge in [0.05, 0.1) is 11.4 Å². The lowest BCUT2D eigenvalue weighted by atomic mass is 10.5. The maximum Gasteiger partial charge on any atom is 0.123 e. The predicted molar refractivity (Wildman–Crippen MR) is 69.3 cm³/mol. The number of hydrogen-bond acceptors (Lipinski definition) is 8. The Hall–Kier alpha value is -1.22.